The molecule has 2 heterocycles. The Bertz CT molecular complexity index is 1150. The van der Waals surface area contributed by atoms with Crippen LogP contribution < -0.4 is 0 Å². The van der Waals surface area contributed by atoms with E-state index in [1.54, 1.807) is 11.3 Å². The van der Waals surface area contributed by atoms with E-state index in [0.29, 0.717) is 17.8 Å². The van der Waals surface area contributed by atoms with Crippen molar-refractivity contribution in [2.24, 2.45) is 11.8 Å². The number of piperidine rings is 1. The number of nitrogens with zero attached hydrogens (tertiary/aromatic N) is 2. The van der Waals surface area contributed by atoms with Gasteiger partial charge in [-0.25, -0.2) is 0 Å². The lowest BCUT2D eigenvalue weighted by Crippen LogP contribution is -2.32. The predicted octanol–water partition coefficient (Wildman–Crippen LogP) is 10.1. The first-order valence-electron chi connectivity index (χ1n) is 14.7. The number of hydrogen-bond acceptors (Lipinski definition) is 3. The van der Waals surface area contributed by atoms with E-state index in [-0.39, 0.29) is 0 Å². The van der Waals surface area contributed by atoms with Gasteiger partial charge in [0, 0.05) is 17.6 Å². The number of benzene rings is 1. The summed E-state index contributed by atoms with van der Waals surface area (Å²) in [5.41, 5.74) is 13.3. The minimum Gasteiger partial charge on any atom is -0.298 e. The minimum absolute atomic E-state index is 0.435. The Morgan fingerprint density at radius 3 is 2.42 bits per heavy atom. The zero-order chi connectivity index (χ0) is 27.8. The van der Waals surface area contributed by atoms with E-state index < -0.39 is 0 Å². The fourth-order valence-corrected chi connectivity index (χ4v) is 6.37. The Kier molecular flexibility index (Phi) is 11.4. The number of thiazole rings is 1. The number of likely N-dealkylation sites (tertiary alicyclic amines) is 1. The third-order valence-corrected chi connectivity index (χ3v) is 9.31. The number of rotatable bonds is 11. The van der Waals surface area contributed by atoms with Gasteiger partial charge in [-0.15, -0.1) is 11.3 Å². The zero-order valence-electron chi connectivity index (χ0n) is 25.2. The van der Waals surface area contributed by atoms with E-state index in [1.807, 2.05) is 17.8 Å². The van der Waals surface area contributed by atoms with Crippen molar-refractivity contribution in [1.82, 2.24) is 9.88 Å². The molecule has 1 unspecified atom stereocenters. The molecule has 0 N–H and O–H groups in total. The maximum Gasteiger partial charge on any atom is 0.0794 e. The number of aryl methyl sites for hydroxylation is 1. The molecule has 1 fully saturated rings. The predicted molar refractivity (Wildman–Crippen MR) is 169 cm³/mol. The standard InChI is InChI=1S/C35H50N2S/c1-10-25(6)28(9)19-33(26(7)11-2)32(12-3)35(24(4)5)34-20-30(14-13-27(34)8)29-15-17-37(18-16-29)22-31-21-36-23-38-31/h11,13-14,19-21,23-25,29H,2,10,12,15-18,22H2,1,3-9H3/b28-19-,33-26+,35-32+. The van der Waals surface area contributed by atoms with Crippen LogP contribution in [0.5, 0.6) is 0 Å². The van der Waals surface area contributed by atoms with Gasteiger partial charge in [0.05, 0.1) is 5.51 Å². The second kappa shape index (κ2) is 14.2. The highest BCUT2D eigenvalue weighted by atomic mass is 32.1. The third-order valence-electron chi connectivity index (χ3n) is 8.55. The third kappa shape index (κ3) is 7.45. The van der Waals surface area contributed by atoms with Gasteiger partial charge in [-0.1, -0.05) is 77.1 Å². The monoisotopic (exact) mass is 530 g/mol. The lowest BCUT2D eigenvalue weighted by Gasteiger charge is -2.32. The summed E-state index contributed by atoms with van der Waals surface area (Å²) >= 11 is 1.77. The normalized spacial score (nSPS) is 17.9. The van der Waals surface area contributed by atoms with Gasteiger partial charge in [0.25, 0.3) is 0 Å². The summed E-state index contributed by atoms with van der Waals surface area (Å²) in [6.45, 7) is 26.0. The Morgan fingerprint density at radius 1 is 1.16 bits per heavy atom. The van der Waals surface area contributed by atoms with Crippen LogP contribution >= 0.6 is 11.3 Å². The molecule has 0 saturated carbocycles. The molecule has 0 amide bonds. The summed E-state index contributed by atoms with van der Waals surface area (Å²) < 4.78 is 0. The van der Waals surface area contributed by atoms with Crippen LogP contribution in [0.15, 0.2) is 70.9 Å². The van der Waals surface area contributed by atoms with Gasteiger partial charge >= 0.3 is 0 Å². The topological polar surface area (TPSA) is 16.1 Å². The molecule has 0 aliphatic carbocycles. The second-order valence-electron chi connectivity index (χ2n) is 11.5. The molecule has 206 valence electrons. The second-order valence-corrected chi connectivity index (χ2v) is 12.5. The van der Waals surface area contributed by atoms with Crippen molar-refractivity contribution in [3.63, 3.8) is 0 Å². The van der Waals surface area contributed by atoms with Crippen LogP contribution in [0.1, 0.15) is 102 Å². The molecule has 0 spiro atoms. The van der Waals surface area contributed by atoms with Crippen molar-refractivity contribution in [1.29, 1.82) is 0 Å². The molecule has 3 heteroatoms. The Labute approximate surface area is 237 Å². The lowest BCUT2D eigenvalue weighted by atomic mass is 9.80. The molecule has 1 aromatic carbocycles. The van der Waals surface area contributed by atoms with Crippen LogP contribution in [0, 0.1) is 18.8 Å². The summed E-state index contributed by atoms with van der Waals surface area (Å²) in [4.78, 5) is 8.22. The molecule has 1 aromatic heterocycles. The van der Waals surface area contributed by atoms with Gasteiger partial charge in [-0.3, -0.25) is 9.88 Å². The Morgan fingerprint density at radius 2 is 1.87 bits per heavy atom. The van der Waals surface area contributed by atoms with Crippen LogP contribution in [0.4, 0.5) is 0 Å². The van der Waals surface area contributed by atoms with Gasteiger partial charge in [-0.05, 0) is 116 Å². The van der Waals surface area contributed by atoms with E-state index >= 15 is 0 Å². The first-order valence-corrected chi connectivity index (χ1v) is 15.5. The van der Waals surface area contributed by atoms with E-state index in [1.165, 1.54) is 62.3 Å². The molecule has 0 bridgehead atoms. The van der Waals surface area contributed by atoms with Crippen LogP contribution in [0.3, 0.4) is 0 Å². The van der Waals surface area contributed by atoms with Gasteiger partial charge in [0.1, 0.15) is 0 Å². The summed E-state index contributed by atoms with van der Waals surface area (Å²) in [5, 5.41) is 0. The average molecular weight is 531 g/mol. The lowest BCUT2D eigenvalue weighted by molar-refractivity contribution is 0.206. The quantitative estimate of drug-likeness (QED) is 0.269. The molecular formula is C35H50N2S. The maximum atomic E-state index is 4.25. The average Bonchev–Trinajstić information content (AvgIpc) is 3.43. The molecule has 2 nitrogen and oxygen atoms in total. The van der Waals surface area contributed by atoms with E-state index in [2.05, 4.69) is 96.1 Å². The van der Waals surface area contributed by atoms with Crippen molar-refractivity contribution < 1.29 is 0 Å². The molecule has 1 aliphatic rings. The maximum absolute atomic E-state index is 4.25. The van der Waals surface area contributed by atoms with Gasteiger partial charge in [0.2, 0.25) is 0 Å². The van der Waals surface area contributed by atoms with Crippen LogP contribution in [0.2, 0.25) is 0 Å². The summed E-state index contributed by atoms with van der Waals surface area (Å²) in [5.74, 6) is 1.64. The van der Waals surface area contributed by atoms with Crippen molar-refractivity contribution in [3.05, 3.63) is 92.5 Å². The SMILES string of the molecule is C=C/C(C)=C(\C=C(\C)C(C)CC)C(/CC)=C(/c1cc(C2CCN(Cc3cncs3)CC2)ccc1C)C(C)C. The van der Waals surface area contributed by atoms with Gasteiger partial charge in [0.15, 0.2) is 0 Å². The van der Waals surface area contributed by atoms with Gasteiger partial charge in [-0.2, -0.15) is 0 Å². The Hall–Kier alpha value is -2.23. The summed E-state index contributed by atoms with van der Waals surface area (Å²) in [6.07, 6.45) is 11.1. The van der Waals surface area contributed by atoms with E-state index in [9.17, 15) is 0 Å². The summed E-state index contributed by atoms with van der Waals surface area (Å²) in [6, 6.07) is 7.30. The van der Waals surface area contributed by atoms with Crippen molar-refractivity contribution in [3.8, 4) is 0 Å². The van der Waals surface area contributed by atoms with Gasteiger partial charge < -0.3 is 0 Å². The van der Waals surface area contributed by atoms with Crippen LogP contribution in [-0.4, -0.2) is 23.0 Å². The highest BCUT2D eigenvalue weighted by Gasteiger charge is 2.23. The van der Waals surface area contributed by atoms with Crippen molar-refractivity contribution >= 4 is 16.9 Å². The first-order chi connectivity index (χ1) is 18.2. The number of aromatic nitrogens is 1. The number of allylic oxidation sites excluding steroid dienone is 7. The Balaban J connectivity index is 2.00. The molecule has 3 rings (SSSR count). The molecular weight excluding hydrogens is 480 g/mol. The van der Waals surface area contributed by atoms with Crippen molar-refractivity contribution in [2.45, 2.75) is 93.5 Å². The van der Waals surface area contributed by atoms with Crippen LogP contribution in [-0.2, 0) is 6.54 Å². The molecule has 38 heavy (non-hydrogen) atoms. The fourth-order valence-electron chi connectivity index (χ4n) is 5.74. The minimum atomic E-state index is 0.435. The van der Waals surface area contributed by atoms with Crippen LogP contribution in [0.25, 0.3) is 5.57 Å². The number of hydrogen-bond donors (Lipinski definition) is 0. The largest absolute Gasteiger partial charge is 0.298 e. The molecule has 1 atom stereocenters. The zero-order valence-corrected chi connectivity index (χ0v) is 26.0. The van der Waals surface area contributed by atoms with E-state index in [0.717, 1.165) is 32.5 Å². The molecule has 1 aliphatic heterocycles. The smallest absolute Gasteiger partial charge is 0.0794 e. The molecule has 1 saturated heterocycles. The highest BCUT2D eigenvalue weighted by molar-refractivity contribution is 7.09. The van der Waals surface area contributed by atoms with Crippen molar-refractivity contribution in [2.75, 3.05) is 13.1 Å². The summed E-state index contributed by atoms with van der Waals surface area (Å²) in [7, 11) is 0. The first kappa shape index (κ1) is 30.3. The van der Waals surface area contributed by atoms with E-state index in [4.69, 9.17) is 0 Å². The highest BCUT2D eigenvalue weighted by Crippen LogP contribution is 2.39. The fraction of sp³-hybridized carbons (Fsp3) is 0.514. The molecule has 2 aromatic rings. The molecule has 0 radical (unpaired) electrons.